The molecule has 0 aliphatic heterocycles. The lowest BCUT2D eigenvalue weighted by atomic mass is 9.86. The van der Waals surface area contributed by atoms with E-state index in [4.69, 9.17) is 4.42 Å². The van der Waals surface area contributed by atoms with E-state index in [1.54, 1.807) is 0 Å². The van der Waals surface area contributed by atoms with Crippen molar-refractivity contribution in [2.24, 2.45) is 0 Å². The molecule has 1 fully saturated rings. The van der Waals surface area contributed by atoms with E-state index in [9.17, 15) is 14.7 Å². The van der Waals surface area contributed by atoms with E-state index < -0.39 is 5.97 Å². The second-order valence-corrected chi connectivity index (χ2v) is 7.16. The largest absolute Gasteiger partial charge is 0.478 e. The molecule has 1 saturated carbocycles. The maximum Gasteiger partial charge on any atom is 0.339 e. The van der Waals surface area contributed by atoms with Crippen molar-refractivity contribution in [3.05, 3.63) is 58.5 Å². The zero-order chi connectivity index (χ0) is 18.3. The number of carboxylic acids is 1. The fraction of sp³-hybridized carbons (Fsp3) is 0.429. The number of amides is 1. The smallest absolute Gasteiger partial charge is 0.339 e. The molecular formula is C21H23NO4. The van der Waals surface area contributed by atoms with Gasteiger partial charge in [-0.3, -0.25) is 4.79 Å². The number of furan rings is 1. The molecule has 136 valence electrons. The standard InChI is InChI=1S/C21H23NO4/c1-2-18-16(21(24)25)12-19(26-18)20(23)22(14-10-11-14)17-9-5-7-13-6-3-4-8-15(13)17/h3-4,6,8,12,14,17H,2,5,7,9-11H2,1H3,(H,24,25). The number of hydrogen-bond acceptors (Lipinski definition) is 3. The number of carbonyl (C=O) groups is 2. The van der Waals surface area contributed by atoms with Gasteiger partial charge in [-0.2, -0.15) is 0 Å². The van der Waals surface area contributed by atoms with Gasteiger partial charge in [0.15, 0.2) is 5.76 Å². The zero-order valence-electron chi connectivity index (χ0n) is 14.9. The van der Waals surface area contributed by atoms with Gasteiger partial charge in [-0.25, -0.2) is 4.79 Å². The first-order valence-corrected chi connectivity index (χ1v) is 9.36. The predicted octanol–water partition coefficient (Wildman–Crippen LogP) is 4.22. The van der Waals surface area contributed by atoms with Crippen LogP contribution >= 0.6 is 0 Å². The Morgan fingerprint density at radius 3 is 2.65 bits per heavy atom. The molecule has 0 saturated heterocycles. The van der Waals surface area contributed by atoms with Crippen LogP contribution in [0.25, 0.3) is 0 Å². The Morgan fingerprint density at radius 1 is 1.23 bits per heavy atom. The molecule has 1 aromatic carbocycles. The van der Waals surface area contributed by atoms with Gasteiger partial charge >= 0.3 is 5.97 Å². The van der Waals surface area contributed by atoms with Crippen molar-refractivity contribution in [1.82, 2.24) is 4.90 Å². The topological polar surface area (TPSA) is 70.8 Å². The van der Waals surface area contributed by atoms with Crippen LogP contribution in [0.4, 0.5) is 0 Å². The third-order valence-corrected chi connectivity index (χ3v) is 5.42. The first kappa shape index (κ1) is 16.9. The number of aromatic carboxylic acids is 1. The van der Waals surface area contributed by atoms with E-state index in [1.165, 1.54) is 17.2 Å². The van der Waals surface area contributed by atoms with Gasteiger partial charge in [-0.1, -0.05) is 31.2 Å². The van der Waals surface area contributed by atoms with Crippen LogP contribution in [-0.4, -0.2) is 27.9 Å². The Bertz CT molecular complexity index is 849. The molecule has 4 rings (SSSR count). The van der Waals surface area contributed by atoms with E-state index in [2.05, 4.69) is 12.1 Å². The van der Waals surface area contributed by atoms with E-state index in [1.807, 2.05) is 24.0 Å². The van der Waals surface area contributed by atoms with Crippen molar-refractivity contribution in [1.29, 1.82) is 0 Å². The first-order chi connectivity index (χ1) is 12.6. The zero-order valence-corrected chi connectivity index (χ0v) is 14.9. The third kappa shape index (κ3) is 2.91. The molecule has 1 heterocycles. The quantitative estimate of drug-likeness (QED) is 0.873. The van der Waals surface area contributed by atoms with Crippen molar-refractivity contribution in [2.75, 3.05) is 0 Å². The maximum absolute atomic E-state index is 13.3. The van der Waals surface area contributed by atoms with E-state index in [0.717, 1.165) is 32.1 Å². The van der Waals surface area contributed by atoms with Crippen molar-refractivity contribution >= 4 is 11.9 Å². The van der Waals surface area contributed by atoms with Gasteiger partial charge in [0.1, 0.15) is 11.3 Å². The molecule has 26 heavy (non-hydrogen) atoms. The van der Waals surface area contributed by atoms with Gasteiger partial charge in [0.2, 0.25) is 0 Å². The van der Waals surface area contributed by atoms with E-state index >= 15 is 0 Å². The Labute approximate surface area is 152 Å². The molecule has 2 aliphatic rings. The minimum atomic E-state index is -1.05. The van der Waals surface area contributed by atoms with Gasteiger partial charge in [-0.15, -0.1) is 0 Å². The lowest BCUT2D eigenvalue weighted by Crippen LogP contribution is -2.38. The number of carboxylic acid groups (broad SMARTS) is 1. The molecule has 1 N–H and O–H groups in total. The number of carbonyl (C=O) groups excluding carboxylic acids is 1. The summed E-state index contributed by atoms with van der Waals surface area (Å²) >= 11 is 0. The SMILES string of the molecule is CCc1oc(C(=O)N(C2CC2)C2CCCc3ccccc32)cc1C(=O)O. The monoisotopic (exact) mass is 353 g/mol. The number of benzene rings is 1. The van der Waals surface area contributed by atoms with Gasteiger partial charge in [0.05, 0.1) is 6.04 Å². The highest BCUT2D eigenvalue weighted by atomic mass is 16.4. The van der Waals surface area contributed by atoms with Crippen LogP contribution in [0.2, 0.25) is 0 Å². The Balaban J connectivity index is 1.70. The molecule has 0 spiro atoms. The number of hydrogen-bond donors (Lipinski definition) is 1. The first-order valence-electron chi connectivity index (χ1n) is 9.36. The summed E-state index contributed by atoms with van der Waals surface area (Å²) in [5.41, 5.74) is 2.62. The molecule has 1 atom stereocenters. The Hall–Kier alpha value is -2.56. The van der Waals surface area contributed by atoms with Crippen LogP contribution in [0.3, 0.4) is 0 Å². The highest BCUT2D eigenvalue weighted by Crippen LogP contribution is 2.41. The summed E-state index contributed by atoms with van der Waals surface area (Å²) in [5.74, 6) is -0.725. The molecule has 0 radical (unpaired) electrons. The summed E-state index contributed by atoms with van der Waals surface area (Å²) in [7, 11) is 0. The second kappa shape index (κ2) is 6.63. The number of aryl methyl sites for hydroxylation is 2. The summed E-state index contributed by atoms with van der Waals surface area (Å²) in [6.45, 7) is 1.83. The fourth-order valence-electron chi connectivity index (χ4n) is 4.04. The van der Waals surface area contributed by atoms with E-state index in [0.29, 0.717) is 12.2 Å². The number of nitrogens with zero attached hydrogens (tertiary/aromatic N) is 1. The minimum absolute atomic E-state index is 0.0448. The van der Waals surface area contributed by atoms with Crippen molar-refractivity contribution in [2.45, 2.75) is 57.5 Å². The summed E-state index contributed by atoms with van der Waals surface area (Å²) in [4.78, 5) is 26.6. The molecule has 2 aliphatic carbocycles. The fourth-order valence-corrected chi connectivity index (χ4v) is 4.04. The lowest BCUT2D eigenvalue weighted by Gasteiger charge is -2.35. The molecule has 1 unspecified atom stereocenters. The van der Waals surface area contributed by atoms with Gasteiger partial charge < -0.3 is 14.4 Å². The molecule has 1 aromatic heterocycles. The van der Waals surface area contributed by atoms with Crippen molar-refractivity contribution in [3.8, 4) is 0 Å². The van der Waals surface area contributed by atoms with E-state index in [-0.39, 0.29) is 29.3 Å². The van der Waals surface area contributed by atoms with Crippen molar-refractivity contribution in [3.63, 3.8) is 0 Å². The average molecular weight is 353 g/mol. The van der Waals surface area contributed by atoms with Crippen LogP contribution in [0, 0.1) is 0 Å². The lowest BCUT2D eigenvalue weighted by molar-refractivity contribution is 0.0602. The molecule has 2 aromatic rings. The van der Waals surface area contributed by atoms with Crippen molar-refractivity contribution < 1.29 is 19.1 Å². The molecule has 1 amide bonds. The summed E-state index contributed by atoms with van der Waals surface area (Å²) in [6, 6.07) is 9.99. The van der Waals surface area contributed by atoms with Gasteiger partial charge in [0, 0.05) is 18.5 Å². The van der Waals surface area contributed by atoms with Crippen LogP contribution in [0.15, 0.2) is 34.7 Å². The van der Waals surface area contributed by atoms with Crippen LogP contribution in [0.1, 0.15) is 76.4 Å². The van der Waals surface area contributed by atoms with Gasteiger partial charge in [-0.05, 0) is 43.2 Å². The molecule has 5 nitrogen and oxygen atoms in total. The predicted molar refractivity (Wildman–Crippen MR) is 96.4 cm³/mol. The normalized spacial score (nSPS) is 19.0. The average Bonchev–Trinajstić information content (AvgIpc) is 3.38. The molecular weight excluding hydrogens is 330 g/mol. The number of fused-ring (bicyclic) bond motifs is 1. The number of rotatable bonds is 5. The summed E-state index contributed by atoms with van der Waals surface area (Å²) in [5, 5.41) is 9.35. The van der Waals surface area contributed by atoms with Gasteiger partial charge in [0.25, 0.3) is 5.91 Å². The second-order valence-electron chi connectivity index (χ2n) is 7.16. The van der Waals surface area contributed by atoms with Crippen LogP contribution in [0.5, 0.6) is 0 Å². The van der Waals surface area contributed by atoms with Crippen LogP contribution < -0.4 is 0 Å². The van der Waals surface area contributed by atoms with Crippen LogP contribution in [-0.2, 0) is 12.8 Å². The maximum atomic E-state index is 13.3. The third-order valence-electron chi connectivity index (χ3n) is 5.42. The minimum Gasteiger partial charge on any atom is -0.478 e. The Morgan fingerprint density at radius 2 is 2.00 bits per heavy atom. The highest BCUT2D eigenvalue weighted by Gasteiger charge is 2.41. The molecule has 5 heteroatoms. The highest BCUT2D eigenvalue weighted by molar-refractivity contribution is 5.96. The summed E-state index contributed by atoms with van der Waals surface area (Å²) in [6.07, 6.45) is 5.48. The Kier molecular flexibility index (Phi) is 4.31. The summed E-state index contributed by atoms with van der Waals surface area (Å²) < 4.78 is 5.65. The molecule has 0 bridgehead atoms.